The van der Waals surface area contributed by atoms with Gasteiger partial charge in [-0.15, -0.1) is 0 Å². The molecule has 0 aliphatic carbocycles. The third-order valence-corrected chi connectivity index (χ3v) is 5.94. The molecule has 0 fully saturated rings. The number of unbranched alkanes of at least 4 members (excludes halogenated alkanes) is 11. The fourth-order valence-corrected chi connectivity index (χ4v) is 3.88. The molecule has 0 amide bonds. The molecule has 1 aliphatic heterocycles. The Kier molecular flexibility index (Phi) is 14.5. The van der Waals surface area contributed by atoms with Crippen LogP contribution < -0.4 is 0 Å². The molecule has 1 unspecified atom stereocenters. The van der Waals surface area contributed by atoms with Crippen molar-refractivity contribution in [2.45, 2.75) is 110 Å². The largest absolute Gasteiger partial charge is 0.479 e. The molecule has 0 saturated heterocycles. The van der Waals surface area contributed by atoms with Crippen molar-refractivity contribution in [3.05, 3.63) is 12.2 Å². The van der Waals surface area contributed by atoms with Crippen LogP contribution >= 0.6 is 0 Å². The zero-order chi connectivity index (χ0) is 19.6. The van der Waals surface area contributed by atoms with Gasteiger partial charge in [0.15, 0.2) is 5.90 Å². The van der Waals surface area contributed by atoms with Crippen LogP contribution in [0, 0.1) is 5.41 Å². The number of aliphatic imine (C=N–C) groups is 1. The molecule has 1 heterocycles. The maximum absolute atomic E-state index is 9.88. The topological polar surface area (TPSA) is 41.8 Å². The van der Waals surface area contributed by atoms with Gasteiger partial charge in [-0.3, -0.25) is 4.99 Å². The highest BCUT2D eigenvalue weighted by Crippen LogP contribution is 2.32. The Morgan fingerprint density at radius 3 is 2.00 bits per heavy atom. The number of aliphatic hydroxyl groups is 1. The van der Waals surface area contributed by atoms with Gasteiger partial charge in [0.05, 0.1) is 18.6 Å². The zero-order valence-corrected chi connectivity index (χ0v) is 18.2. The molecule has 0 saturated carbocycles. The van der Waals surface area contributed by atoms with E-state index in [4.69, 9.17) is 4.74 Å². The first-order chi connectivity index (χ1) is 13.3. The summed E-state index contributed by atoms with van der Waals surface area (Å²) in [6, 6.07) is 0. The van der Waals surface area contributed by atoms with E-state index in [2.05, 4.69) is 31.0 Å². The molecule has 1 atom stereocenters. The van der Waals surface area contributed by atoms with Crippen LogP contribution in [-0.4, -0.2) is 30.8 Å². The Labute approximate surface area is 168 Å². The summed E-state index contributed by atoms with van der Waals surface area (Å²) in [7, 11) is 0. The summed E-state index contributed by atoms with van der Waals surface area (Å²) >= 11 is 0. The van der Waals surface area contributed by atoms with Gasteiger partial charge >= 0.3 is 0 Å². The first-order valence-corrected chi connectivity index (χ1v) is 11.7. The van der Waals surface area contributed by atoms with Gasteiger partial charge in [0.2, 0.25) is 0 Å². The van der Waals surface area contributed by atoms with Gasteiger partial charge in [-0.25, -0.2) is 0 Å². The lowest BCUT2D eigenvalue weighted by Gasteiger charge is -2.29. The van der Waals surface area contributed by atoms with Gasteiger partial charge in [0.1, 0.15) is 6.61 Å². The highest BCUT2D eigenvalue weighted by atomic mass is 16.5. The van der Waals surface area contributed by atoms with E-state index in [-0.39, 0.29) is 12.0 Å². The Morgan fingerprint density at radius 1 is 0.889 bits per heavy atom. The monoisotopic (exact) mass is 379 g/mol. The molecule has 0 spiro atoms. The highest BCUT2D eigenvalue weighted by molar-refractivity contribution is 5.83. The number of ether oxygens (including phenoxy) is 1. The standard InChI is InChI=1S/C24H45NO2/c1-3-5-6-7-8-9-10-11-12-13-14-15-16-17-18-19-24(4-2,22-26)23-25-20-21-27-23/h11-12,26H,3-10,13-22H2,1-2H3/b12-11-. The molecule has 27 heavy (non-hydrogen) atoms. The van der Waals surface area contributed by atoms with Crippen LogP contribution in [0.1, 0.15) is 110 Å². The van der Waals surface area contributed by atoms with Gasteiger partial charge in [-0.2, -0.15) is 0 Å². The number of aliphatic hydroxyl groups excluding tert-OH is 1. The van der Waals surface area contributed by atoms with Gasteiger partial charge in [0, 0.05) is 0 Å². The van der Waals surface area contributed by atoms with Crippen molar-refractivity contribution in [2.24, 2.45) is 10.4 Å². The van der Waals surface area contributed by atoms with E-state index in [1.165, 1.54) is 77.0 Å². The van der Waals surface area contributed by atoms with Crippen molar-refractivity contribution in [3.8, 4) is 0 Å². The second-order valence-electron chi connectivity index (χ2n) is 8.16. The maximum Gasteiger partial charge on any atom is 0.192 e. The van der Waals surface area contributed by atoms with Crippen molar-refractivity contribution >= 4 is 5.90 Å². The van der Waals surface area contributed by atoms with E-state index in [1.807, 2.05) is 0 Å². The normalized spacial score (nSPS) is 16.5. The summed E-state index contributed by atoms with van der Waals surface area (Å²) in [5.41, 5.74) is -0.226. The smallest absolute Gasteiger partial charge is 0.192 e. The fraction of sp³-hybridized carbons (Fsp3) is 0.875. The van der Waals surface area contributed by atoms with E-state index in [1.54, 1.807) is 0 Å². The van der Waals surface area contributed by atoms with Crippen molar-refractivity contribution in [2.75, 3.05) is 19.8 Å². The summed E-state index contributed by atoms with van der Waals surface area (Å²) in [6.07, 6.45) is 23.8. The van der Waals surface area contributed by atoms with Crippen molar-refractivity contribution < 1.29 is 9.84 Å². The van der Waals surface area contributed by atoms with Gasteiger partial charge < -0.3 is 9.84 Å². The van der Waals surface area contributed by atoms with E-state index < -0.39 is 0 Å². The second-order valence-corrected chi connectivity index (χ2v) is 8.16. The molecule has 0 aromatic carbocycles. The average Bonchev–Trinajstić information content (AvgIpc) is 3.23. The van der Waals surface area contributed by atoms with Crippen molar-refractivity contribution in [1.29, 1.82) is 0 Å². The molecule has 3 heteroatoms. The van der Waals surface area contributed by atoms with Crippen LogP contribution in [0.3, 0.4) is 0 Å². The number of hydrogen-bond acceptors (Lipinski definition) is 3. The molecular formula is C24H45NO2. The van der Waals surface area contributed by atoms with Crippen LogP contribution in [0.25, 0.3) is 0 Å². The summed E-state index contributed by atoms with van der Waals surface area (Å²) in [5.74, 6) is 0.808. The average molecular weight is 380 g/mol. The van der Waals surface area contributed by atoms with Gasteiger partial charge in [-0.05, 0) is 38.5 Å². The number of allylic oxidation sites excluding steroid dienone is 2. The fourth-order valence-electron chi connectivity index (χ4n) is 3.88. The minimum absolute atomic E-state index is 0.158. The highest BCUT2D eigenvalue weighted by Gasteiger charge is 2.36. The predicted octanol–water partition coefficient (Wildman–Crippen LogP) is 6.84. The predicted molar refractivity (Wildman–Crippen MR) is 118 cm³/mol. The third kappa shape index (κ3) is 10.3. The molecular weight excluding hydrogens is 334 g/mol. The lowest BCUT2D eigenvalue weighted by molar-refractivity contribution is 0.140. The van der Waals surface area contributed by atoms with E-state index in [9.17, 15) is 5.11 Å². The van der Waals surface area contributed by atoms with E-state index >= 15 is 0 Å². The summed E-state index contributed by atoms with van der Waals surface area (Å²) in [5, 5.41) is 9.88. The molecule has 0 bridgehead atoms. The van der Waals surface area contributed by atoms with Gasteiger partial charge in [0.25, 0.3) is 0 Å². The van der Waals surface area contributed by atoms with Crippen molar-refractivity contribution in [1.82, 2.24) is 0 Å². The Hall–Kier alpha value is -0.830. The Bertz CT molecular complexity index is 399. The first-order valence-electron chi connectivity index (χ1n) is 11.7. The van der Waals surface area contributed by atoms with Crippen molar-refractivity contribution in [3.63, 3.8) is 0 Å². The lowest BCUT2D eigenvalue weighted by Crippen LogP contribution is -2.34. The van der Waals surface area contributed by atoms with Gasteiger partial charge in [-0.1, -0.05) is 83.8 Å². The summed E-state index contributed by atoms with van der Waals surface area (Å²) in [6.45, 7) is 6.01. The van der Waals surface area contributed by atoms with Crippen LogP contribution in [0.5, 0.6) is 0 Å². The molecule has 3 nitrogen and oxygen atoms in total. The number of rotatable bonds is 18. The van der Waals surface area contributed by atoms with Crippen LogP contribution in [0.2, 0.25) is 0 Å². The SMILES string of the molecule is CCCCCCCC/C=C\CCCCCCCC(CC)(CO)C1=NCCO1. The molecule has 0 aromatic heterocycles. The molecule has 158 valence electrons. The van der Waals surface area contributed by atoms with E-state index in [0.29, 0.717) is 6.61 Å². The summed E-state index contributed by atoms with van der Waals surface area (Å²) in [4.78, 5) is 4.47. The zero-order valence-electron chi connectivity index (χ0n) is 18.2. The van der Waals surface area contributed by atoms with Crippen LogP contribution in [0.15, 0.2) is 17.1 Å². The Morgan fingerprint density at radius 2 is 1.48 bits per heavy atom. The number of hydrogen-bond donors (Lipinski definition) is 1. The molecule has 0 aromatic rings. The van der Waals surface area contributed by atoms with E-state index in [0.717, 1.165) is 31.7 Å². The quantitative estimate of drug-likeness (QED) is 0.209. The minimum atomic E-state index is -0.226. The number of nitrogens with zero attached hydrogens (tertiary/aromatic N) is 1. The molecule has 1 N–H and O–H groups in total. The third-order valence-electron chi connectivity index (χ3n) is 5.94. The van der Waals surface area contributed by atoms with Crippen LogP contribution in [0.4, 0.5) is 0 Å². The van der Waals surface area contributed by atoms with Crippen LogP contribution in [-0.2, 0) is 4.74 Å². The first kappa shape index (κ1) is 24.2. The molecule has 0 radical (unpaired) electrons. The molecule has 1 aliphatic rings. The lowest BCUT2D eigenvalue weighted by atomic mass is 9.80. The maximum atomic E-state index is 9.88. The Balaban J connectivity index is 1.97. The molecule has 1 rings (SSSR count). The minimum Gasteiger partial charge on any atom is -0.479 e. The second kappa shape index (κ2) is 16.2. The summed E-state index contributed by atoms with van der Waals surface area (Å²) < 4.78 is 5.66.